The molecule has 2 aromatic rings. The number of nitrogens with zero attached hydrogens (tertiary/aromatic N) is 1. The molecule has 0 saturated carbocycles. The highest BCUT2D eigenvalue weighted by molar-refractivity contribution is 9.10. The zero-order chi connectivity index (χ0) is 15.5. The Morgan fingerprint density at radius 3 is 2.33 bits per heavy atom. The Morgan fingerprint density at radius 2 is 1.76 bits per heavy atom. The van der Waals surface area contributed by atoms with Gasteiger partial charge in [-0.15, -0.1) is 0 Å². The Kier molecular flexibility index (Phi) is 4.59. The minimum Gasteiger partial charge on any atom is -0.326 e. The molecule has 0 radical (unpaired) electrons. The minimum atomic E-state index is -3.70. The number of aromatic nitrogens is 1. The molecule has 0 atom stereocenters. The number of anilines is 2. The first-order chi connectivity index (χ1) is 9.87. The maximum absolute atomic E-state index is 12.2. The topological polar surface area (TPSA) is 88.2 Å². The number of hydrogen-bond donors (Lipinski definition) is 2. The molecule has 1 aromatic heterocycles. The fourth-order valence-corrected chi connectivity index (χ4v) is 3.14. The molecule has 0 fully saturated rings. The molecular weight excluding hydrogens is 358 g/mol. The number of carbonyl (C=O) groups excluding carboxylic acids is 1. The molecule has 21 heavy (non-hydrogen) atoms. The van der Waals surface area contributed by atoms with Crippen molar-refractivity contribution in [1.29, 1.82) is 0 Å². The highest BCUT2D eigenvalue weighted by Gasteiger charge is 2.15. The second kappa shape index (κ2) is 6.23. The van der Waals surface area contributed by atoms with Crippen molar-refractivity contribution in [2.24, 2.45) is 0 Å². The summed E-state index contributed by atoms with van der Waals surface area (Å²) in [5.74, 6) is -0.191. The average molecular weight is 370 g/mol. The van der Waals surface area contributed by atoms with Crippen molar-refractivity contribution in [3.8, 4) is 0 Å². The Morgan fingerprint density at radius 1 is 1.14 bits per heavy atom. The third-order valence-corrected chi connectivity index (χ3v) is 4.23. The lowest BCUT2D eigenvalue weighted by atomic mass is 10.3. The molecule has 0 unspecified atom stereocenters. The van der Waals surface area contributed by atoms with E-state index in [9.17, 15) is 13.2 Å². The van der Waals surface area contributed by atoms with E-state index in [1.165, 1.54) is 25.4 Å². The third kappa shape index (κ3) is 4.27. The number of rotatable bonds is 4. The van der Waals surface area contributed by atoms with Crippen LogP contribution >= 0.6 is 15.9 Å². The molecule has 2 N–H and O–H groups in total. The lowest BCUT2D eigenvalue weighted by molar-refractivity contribution is -0.114. The van der Waals surface area contributed by atoms with Gasteiger partial charge in [-0.3, -0.25) is 14.5 Å². The normalized spacial score (nSPS) is 11.0. The van der Waals surface area contributed by atoms with E-state index < -0.39 is 10.0 Å². The Hall–Kier alpha value is -1.93. The first-order valence-corrected chi connectivity index (χ1v) is 8.15. The molecule has 110 valence electrons. The summed E-state index contributed by atoms with van der Waals surface area (Å²) in [5.41, 5.74) is 0.985. The summed E-state index contributed by atoms with van der Waals surface area (Å²) in [6.07, 6.45) is 2.76. The molecule has 1 aromatic carbocycles. The van der Waals surface area contributed by atoms with Crippen LogP contribution in [0.4, 0.5) is 11.4 Å². The molecule has 0 aliphatic carbocycles. The fourth-order valence-electron chi connectivity index (χ4n) is 1.58. The summed E-state index contributed by atoms with van der Waals surface area (Å²) in [4.78, 5) is 14.8. The predicted molar refractivity (Wildman–Crippen MR) is 83.5 cm³/mol. The summed E-state index contributed by atoms with van der Waals surface area (Å²) < 4.78 is 27.4. The lowest BCUT2D eigenvalue weighted by Gasteiger charge is -2.09. The van der Waals surface area contributed by atoms with Crippen molar-refractivity contribution in [3.63, 3.8) is 0 Å². The van der Waals surface area contributed by atoms with Gasteiger partial charge in [0.1, 0.15) is 4.90 Å². The number of nitrogens with one attached hydrogen (secondary N) is 2. The number of sulfonamides is 1. The maximum atomic E-state index is 12.2. The number of amides is 1. The third-order valence-electron chi connectivity index (χ3n) is 2.45. The van der Waals surface area contributed by atoms with Gasteiger partial charge in [0, 0.05) is 35.2 Å². The number of benzene rings is 1. The van der Waals surface area contributed by atoms with Crippen LogP contribution in [0.15, 0.2) is 52.1 Å². The largest absolute Gasteiger partial charge is 0.326 e. The van der Waals surface area contributed by atoms with Crippen molar-refractivity contribution in [1.82, 2.24) is 4.98 Å². The van der Waals surface area contributed by atoms with Gasteiger partial charge >= 0.3 is 0 Å². The smallest absolute Gasteiger partial charge is 0.263 e. The fraction of sp³-hybridized carbons (Fsp3) is 0.0769. The Balaban J connectivity index is 2.19. The first-order valence-electron chi connectivity index (χ1n) is 5.88. The van der Waals surface area contributed by atoms with Gasteiger partial charge in [0.2, 0.25) is 5.91 Å². The van der Waals surface area contributed by atoms with Crippen molar-refractivity contribution < 1.29 is 13.2 Å². The van der Waals surface area contributed by atoms with E-state index in [0.717, 1.165) is 0 Å². The van der Waals surface area contributed by atoms with E-state index in [-0.39, 0.29) is 10.8 Å². The van der Waals surface area contributed by atoms with Gasteiger partial charge in [0.25, 0.3) is 10.0 Å². The number of halogens is 1. The van der Waals surface area contributed by atoms with Gasteiger partial charge in [0.05, 0.1) is 0 Å². The maximum Gasteiger partial charge on any atom is 0.263 e. The molecular formula is C13H12BrN3O3S. The van der Waals surface area contributed by atoms with E-state index in [2.05, 4.69) is 31.0 Å². The van der Waals surface area contributed by atoms with Crippen molar-refractivity contribution >= 4 is 43.2 Å². The zero-order valence-electron chi connectivity index (χ0n) is 11.0. The van der Waals surface area contributed by atoms with Gasteiger partial charge < -0.3 is 5.32 Å². The standard InChI is InChI=1S/C13H12BrN3O3S/c1-9(18)16-11-2-4-12(5-3-11)17-21(19,20)13-6-10(14)7-15-8-13/h2-8,17H,1H3,(H,16,18). The van der Waals surface area contributed by atoms with E-state index in [4.69, 9.17) is 0 Å². The van der Waals surface area contributed by atoms with Crippen LogP contribution in [0, 0.1) is 0 Å². The quantitative estimate of drug-likeness (QED) is 0.866. The van der Waals surface area contributed by atoms with Gasteiger partial charge in [-0.05, 0) is 46.3 Å². The van der Waals surface area contributed by atoms with Crippen LogP contribution in [-0.2, 0) is 14.8 Å². The molecule has 6 nitrogen and oxygen atoms in total. The van der Waals surface area contributed by atoms with Gasteiger partial charge in [-0.1, -0.05) is 0 Å². The molecule has 8 heteroatoms. The molecule has 1 amide bonds. The highest BCUT2D eigenvalue weighted by Crippen LogP contribution is 2.19. The van der Waals surface area contributed by atoms with Crippen molar-refractivity contribution in [3.05, 3.63) is 47.2 Å². The molecule has 1 heterocycles. The van der Waals surface area contributed by atoms with Crippen molar-refractivity contribution in [2.75, 3.05) is 10.0 Å². The van der Waals surface area contributed by atoms with Crippen LogP contribution < -0.4 is 10.0 Å². The lowest BCUT2D eigenvalue weighted by Crippen LogP contribution is -2.13. The first kappa shape index (κ1) is 15.5. The van der Waals surface area contributed by atoms with Crippen LogP contribution in [0.5, 0.6) is 0 Å². The van der Waals surface area contributed by atoms with Crippen LogP contribution in [0.3, 0.4) is 0 Å². The second-order valence-corrected chi connectivity index (χ2v) is 6.80. The monoisotopic (exact) mass is 369 g/mol. The Bertz CT molecular complexity index is 760. The Labute approximate surface area is 130 Å². The van der Waals surface area contributed by atoms with E-state index >= 15 is 0 Å². The van der Waals surface area contributed by atoms with Gasteiger partial charge in [0.15, 0.2) is 0 Å². The predicted octanol–water partition coefficient (Wildman–Crippen LogP) is 2.60. The van der Waals surface area contributed by atoms with Gasteiger partial charge in [-0.25, -0.2) is 8.42 Å². The molecule has 0 spiro atoms. The molecule has 2 rings (SSSR count). The summed E-state index contributed by atoms with van der Waals surface area (Å²) in [6, 6.07) is 7.81. The minimum absolute atomic E-state index is 0.0582. The highest BCUT2D eigenvalue weighted by atomic mass is 79.9. The summed E-state index contributed by atoms with van der Waals surface area (Å²) in [7, 11) is -3.70. The van der Waals surface area contributed by atoms with Crippen LogP contribution in [-0.4, -0.2) is 19.3 Å². The van der Waals surface area contributed by atoms with Crippen LogP contribution in [0.2, 0.25) is 0 Å². The van der Waals surface area contributed by atoms with E-state index in [1.54, 1.807) is 24.3 Å². The number of carbonyl (C=O) groups is 1. The summed E-state index contributed by atoms with van der Waals surface area (Å²) in [5, 5.41) is 2.60. The summed E-state index contributed by atoms with van der Waals surface area (Å²) in [6.45, 7) is 1.40. The van der Waals surface area contributed by atoms with Crippen molar-refractivity contribution in [2.45, 2.75) is 11.8 Å². The zero-order valence-corrected chi connectivity index (χ0v) is 13.4. The SMILES string of the molecule is CC(=O)Nc1ccc(NS(=O)(=O)c2cncc(Br)c2)cc1. The molecule has 0 aliphatic rings. The molecule has 0 bridgehead atoms. The molecule has 0 aliphatic heterocycles. The molecule has 0 saturated heterocycles. The second-order valence-electron chi connectivity index (χ2n) is 4.20. The van der Waals surface area contributed by atoms with Gasteiger partial charge in [-0.2, -0.15) is 0 Å². The number of pyridine rings is 1. The average Bonchev–Trinajstić information content (AvgIpc) is 2.40. The van der Waals surface area contributed by atoms with Crippen LogP contribution in [0.1, 0.15) is 6.92 Å². The van der Waals surface area contributed by atoms with Crippen LogP contribution in [0.25, 0.3) is 0 Å². The summed E-state index contributed by atoms with van der Waals surface area (Å²) >= 11 is 3.18. The van der Waals surface area contributed by atoms with E-state index in [1.807, 2.05) is 0 Å². The van der Waals surface area contributed by atoms with E-state index in [0.29, 0.717) is 15.8 Å². The number of hydrogen-bond acceptors (Lipinski definition) is 4.